The number of aromatic nitrogens is 4. The molecular formula is C11H8N4. The number of hydrogen-bond acceptors (Lipinski definition) is 3. The van der Waals surface area contributed by atoms with Crippen LogP contribution >= 0.6 is 0 Å². The quantitative estimate of drug-likeness (QED) is 0.596. The van der Waals surface area contributed by atoms with Crippen molar-refractivity contribution in [1.82, 2.24) is 20.0 Å². The van der Waals surface area contributed by atoms with Crippen molar-refractivity contribution in [2.45, 2.75) is 0 Å². The lowest BCUT2D eigenvalue weighted by Gasteiger charge is -1.95. The molecule has 1 aromatic carbocycles. The average molecular weight is 196 g/mol. The van der Waals surface area contributed by atoms with E-state index in [-0.39, 0.29) is 0 Å². The van der Waals surface area contributed by atoms with E-state index in [2.05, 4.69) is 15.2 Å². The van der Waals surface area contributed by atoms with E-state index < -0.39 is 0 Å². The van der Waals surface area contributed by atoms with Gasteiger partial charge in [0.1, 0.15) is 5.52 Å². The summed E-state index contributed by atoms with van der Waals surface area (Å²) in [6.07, 6.45) is 1.71. The van der Waals surface area contributed by atoms with Crippen molar-refractivity contribution in [2.75, 3.05) is 0 Å². The summed E-state index contributed by atoms with van der Waals surface area (Å²) in [4.78, 5) is 5.73. The Bertz CT molecular complexity index is 553. The predicted octanol–water partition coefficient (Wildman–Crippen LogP) is 1.82. The van der Waals surface area contributed by atoms with Crippen molar-refractivity contribution in [3.05, 3.63) is 48.7 Å². The molecule has 15 heavy (non-hydrogen) atoms. The van der Waals surface area contributed by atoms with E-state index in [1.807, 2.05) is 42.5 Å². The first-order chi connectivity index (χ1) is 7.43. The Morgan fingerprint density at radius 2 is 1.73 bits per heavy atom. The normalized spacial score (nSPS) is 10.7. The highest BCUT2D eigenvalue weighted by atomic mass is 15.5. The van der Waals surface area contributed by atoms with Crippen LogP contribution in [-0.2, 0) is 0 Å². The van der Waals surface area contributed by atoms with Crippen LogP contribution in [0.4, 0.5) is 0 Å². The molecule has 0 atom stereocenters. The maximum Gasteiger partial charge on any atom is 0.202 e. The summed E-state index contributed by atoms with van der Waals surface area (Å²) in [6.45, 7) is 0. The minimum atomic E-state index is 0.668. The molecule has 0 saturated carbocycles. The Morgan fingerprint density at radius 1 is 0.867 bits per heavy atom. The molecule has 0 amide bonds. The first kappa shape index (κ1) is 8.11. The van der Waals surface area contributed by atoms with Gasteiger partial charge in [0, 0.05) is 6.20 Å². The van der Waals surface area contributed by atoms with E-state index in [0.29, 0.717) is 5.65 Å². The fraction of sp³-hybridized carbons (Fsp3) is 0. The third-order valence-electron chi connectivity index (χ3n) is 2.15. The van der Waals surface area contributed by atoms with Crippen molar-refractivity contribution in [1.29, 1.82) is 0 Å². The van der Waals surface area contributed by atoms with Gasteiger partial charge in [-0.05, 0) is 24.3 Å². The van der Waals surface area contributed by atoms with Gasteiger partial charge in [-0.15, -0.1) is 15.0 Å². The Morgan fingerprint density at radius 3 is 2.53 bits per heavy atom. The minimum Gasteiger partial charge on any atom is -0.234 e. The molecular weight excluding hydrogens is 188 g/mol. The summed E-state index contributed by atoms with van der Waals surface area (Å²) >= 11 is 0. The molecule has 0 aliphatic rings. The Labute approximate surface area is 86.2 Å². The zero-order chi connectivity index (χ0) is 10.1. The summed E-state index contributed by atoms with van der Waals surface area (Å²) in [5.74, 6) is 0. The van der Waals surface area contributed by atoms with E-state index in [4.69, 9.17) is 0 Å². The van der Waals surface area contributed by atoms with Gasteiger partial charge in [-0.25, -0.2) is 4.98 Å². The molecule has 4 nitrogen and oxygen atoms in total. The lowest BCUT2D eigenvalue weighted by molar-refractivity contribution is 0.763. The Balaban J connectivity index is 2.21. The lowest BCUT2D eigenvalue weighted by atomic mass is 10.3. The molecule has 72 valence electrons. The van der Waals surface area contributed by atoms with Crippen LogP contribution in [0.15, 0.2) is 48.7 Å². The molecule has 0 aliphatic heterocycles. The highest BCUT2D eigenvalue weighted by Crippen LogP contribution is 2.08. The fourth-order valence-corrected chi connectivity index (χ4v) is 1.43. The van der Waals surface area contributed by atoms with E-state index >= 15 is 0 Å². The number of benzene rings is 1. The summed E-state index contributed by atoms with van der Waals surface area (Å²) in [7, 11) is 0. The summed E-state index contributed by atoms with van der Waals surface area (Å²) < 4.78 is 0. The van der Waals surface area contributed by atoms with Gasteiger partial charge in [-0.2, -0.15) is 0 Å². The maximum absolute atomic E-state index is 4.33. The van der Waals surface area contributed by atoms with Gasteiger partial charge in [-0.1, -0.05) is 18.2 Å². The molecule has 4 heteroatoms. The lowest BCUT2D eigenvalue weighted by Crippen LogP contribution is -1.97. The number of hydrogen-bond donors (Lipinski definition) is 0. The molecule has 0 unspecified atom stereocenters. The number of fused-ring (bicyclic) bond motifs is 1. The zero-order valence-electron chi connectivity index (χ0n) is 7.91. The van der Waals surface area contributed by atoms with Gasteiger partial charge < -0.3 is 0 Å². The van der Waals surface area contributed by atoms with Crippen LogP contribution in [0.25, 0.3) is 16.9 Å². The molecule has 0 radical (unpaired) electrons. The SMILES string of the molecule is c1ccc(-n2nc3cccnc3n2)cc1. The van der Waals surface area contributed by atoms with Crippen LogP contribution in [-0.4, -0.2) is 20.0 Å². The second-order valence-electron chi connectivity index (χ2n) is 3.17. The largest absolute Gasteiger partial charge is 0.234 e. The molecule has 0 bridgehead atoms. The summed E-state index contributed by atoms with van der Waals surface area (Å²) in [5.41, 5.74) is 2.42. The summed E-state index contributed by atoms with van der Waals surface area (Å²) in [5, 5.41) is 8.60. The van der Waals surface area contributed by atoms with Crippen LogP contribution in [0.3, 0.4) is 0 Å². The predicted molar refractivity (Wildman–Crippen MR) is 56.7 cm³/mol. The third-order valence-corrected chi connectivity index (χ3v) is 2.15. The fourth-order valence-electron chi connectivity index (χ4n) is 1.43. The monoisotopic (exact) mass is 196 g/mol. The van der Waals surface area contributed by atoms with Gasteiger partial charge in [0.15, 0.2) is 0 Å². The van der Waals surface area contributed by atoms with Crippen molar-refractivity contribution in [3.8, 4) is 5.69 Å². The van der Waals surface area contributed by atoms with Crippen LogP contribution in [0.1, 0.15) is 0 Å². The van der Waals surface area contributed by atoms with E-state index in [9.17, 15) is 0 Å². The van der Waals surface area contributed by atoms with E-state index in [1.54, 1.807) is 11.0 Å². The van der Waals surface area contributed by atoms with Crippen molar-refractivity contribution >= 4 is 11.2 Å². The van der Waals surface area contributed by atoms with Crippen LogP contribution in [0, 0.1) is 0 Å². The van der Waals surface area contributed by atoms with Gasteiger partial charge in [-0.3, -0.25) is 0 Å². The molecule has 3 aromatic rings. The highest BCUT2D eigenvalue weighted by molar-refractivity contribution is 5.68. The molecule has 0 N–H and O–H groups in total. The van der Waals surface area contributed by atoms with E-state index in [1.165, 1.54) is 0 Å². The summed E-state index contributed by atoms with van der Waals surface area (Å²) in [6, 6.07) is 13.5. The molecule has 0 saturated heterocycles. The Kier molecular flexibility index (Phi) is 1.71. The van der Waals surface area contributed by atoms with Gasteiger partial charge in [0.25, 0.3) is 0 Å². The second-order valence-corrected chi connectivity index (χ2v) is 3.17. The highest BCUT2D eigenvalue weighted by Gasteiger charge is 2.03. The molecule has 0 fully saturated rings. The number of pyridine rings is 1. The standard InChI is InChI=1S/C11H8N4/c1-2-5-9(6-3-1)15-13-10-7-4-8-12-11(10)14-15/h1-8H. The van der Waals surface area contributed by atoms with Crippen LogP contribution in [0.2, 0.25) is 0 Å². The van der Waals surface area contributed by atoms with Crippen molar-refractivity contribution in [2.24, 2.45) is 0 Å². The number of nitrogens with zero attached hydrogens (tertiary/aromatic N) is 4. The maximum atomic E-state index is 4.33. The minimum absolute atomic E-state index is 0.668. The zero-order valence-corrected chi connectivity index (χ0v) is 7.91. The van der Waals surface area contributed by atoms with Crippen molar-refractivity contribution < 1.29 is 0 Å². The van der Waals surface area contributed by atoms with Gasteiger partial charge in [0.05, 0.1) is 5.69 Å². The number of rotatable bonds is 1. The molecule has 3 rings (SSSR count). The molecule has 0 aliphatic carbocycles. The van der Waals surface area contributed by atoms with E-state index in [0.717, 1.165) is 11.2 Å². The first-order valence-corrected chi connectivity index (χ1v) is 4.67. The van der Waals surface area contributed by atoms with Gasteiger partial charge in [0.2, 0.25) is 5.65 Å². The molecule has 2 heterocycles. The smallest absolute Gasteiger partial charge is 0.202 e. The first-order valence-electron chi connectivity index (χ1n) is 4.67. The third kappa shape index (κ3) is 1.36. The second kappa shape index (κ2) is 3.16. The van der Waals surface area contributed by atoms with Crippen molar-refractivity contribution in [3.63, 3.8) is 0 Å². The Hall–Kier alpha value is -2.23. The molecule has 2 aromatic heterocycles. The van der Waals surface area contributed by atoms with Crippen LogP contribution < -0.4 is 0 Å². The van der Waals surface area contributed by atoms with Crippen LogP contribution in [0.5, 0.6) is 0 Å². The van der Waals surface area contributed by atoms with Gasteiger partial charge >= 0.3 is 0 Å². The average Bonchev–Trinajstić information content (AvgIpc) is 2.74. The number of para-hydroxylation sites is 1. The molecule has 0 spiro atoms. The topological polar surface area (TPSA) is 43.6 Å².